The predicted octanol–water partition coefficient (Wildman–Crippen LogP) is 6.02. The highest BCUT2D eigenvalue weighted by molar-refractivity contribution is 5.98. The standard InChI is InChI=1S/C25H38N2O2/c1-15(2)6-9-18-12-21(18)24(28)26-20-11-8-17(5)23(14-20)27-25(29)22-13-19(22)10-7-16(3)4/h8,11,14-16,18-19,21-22H,6-7,9-10,12-13H2,1-5H3,(H,26,28)(H,27,29)/t18-,19+,21+,22+/m0/s1. The minimum absolute atomic E-state index is 0.121. The molecule has 0 aromatic heterocycles. The molecule has 2 aliphatic rings. The highest BCUT2D eigenvalue weighted by atomic mass is 16.2. The van der Waals surface area contributed by atoms with Crippen LogP contribution < -0.4 is 10.6 Å². The van der Waals surface area contributed by atoms with Gasteiger partial charge in [-0.3, -0.25) is 9.59 Å². The molecule has 0 unspecified atom stereocenters. The number of amides is 2. The van der Waals surface area contributed by atoms with E-state index in [1.54, 1.807) is 0 Å². The quantitative estimate of drug-likeness (QED) is 0.506. The van der Waals surface area contributed by atoms with Gasteiger partial charge in [0, 0.05) is 23.2 Å². The first-order valence-electron chi connectivity index (χ1n) is 11.5. The molecule has 0 radical (unpaired) electrons. The van der Waals surface area contributed by atoms with E-state index < -0.39 is 0 Å². The summed E-state index contributed by atoms with van der Waals surface area (Å²) >= 11 is 0. The molecular formula is C25H38N2O2. The number of benzene rings is 1. The van der Waals surface area contributed by atoms with Crippen molar-refractivity contribution in [3.8, 4) is 0 Å². The van der Waals surface area contributed by atoms with E-state index in [4.69, 9.17) is 0 Å². The Morgan fingerprint density at radius 1 is 0.897 bits per heavy atom. The van der Waals surface area contributed by atoms with Gasteiger partial charge in [-0.15, -0.1) is 0 Å². The molecule has 0 saturated heterocycles. The Bertz CT molecular complexity index is 740. The highest BCUT2D eigenvalue weighted by Gasteiger charge is 2.43. The Morgan fingerprint density at radius 2 is 1.41 bits per heavy atom. The molecule has 2 saturated carbocycles. The summed E-state index contributed by atoms with van der Waals surface area (Å²) in [4.78, 5) is 25.1. The Labute approximate surface area is 176 Å². The van der Waals surface area contributed by atoms with Crippen LogP contribution in [0.2, 0.25) is 0 Å². The number of nitrogens with one attached hydrogen (secondary N) is 2. The van der Waals surface area contributed by atoms with Crippen LogP contribution in [0.5, 0.6) is 0 Å². The molecule has 2 fully saturated rings. The van der Waals surface area contributed by atoms with Gasteiger partial charge >= 0.3 is 0 Å². The number of hydrogen-bond acceptors (Lipinski definition) is 2. The minimum Gasteiger partial charge on any atom is -0.326 e. The Balaban J connectivity index is 1.50. The van der Waals surface area contributed by atoms with Crippen LogP contribution >= 0.6 is 0 Å². The van der Waals surface area contributed by atoms with E-state index in [9.17, 15) is 9.59 Å². The van der Waals surface area contributed by atoms with Crippen molar-refractivity contribution >= 4 is 23.2 Å². The molecule has 0 bridgehead atoms. The van der Waals surface area contributed by atoms with E-state index in [0.717, 1.165) is 42.6 Å². The van der Waals surface area contributed by atoms with Crippen LogP contribution in [-0.2, 0) is 9.59 Å². The average molecular weight is 399 g/mol. The summed E-state index contributed by atoms with van der Waals surface area (Å²) in [5, 5.41) is 6.16. The van der Waals surface area contributed by atoms with Crippen LogP contribution in [0.1, 0.15) is 71.8 Å². The zero-order valence-electron chi connectivity index (χ0n) is 18.8. The van der Waals surface area contributed by atoms with Crippen LogP contribution in [0.3, 0.4) is 0 Å². The van der Waals surface area contributed by atoms with Crippen LogP contribution in [0.25, 0.3) is 0 Å². The van der Waals surface area contributed by atoms with Crippen LogP contribution in [0.15, 0.2) is 18.2 Å². The largest absolute Gasteiger partial charge is 0.326 e. The molecule has 4 heteroatoms. The Morgan fingerprint density at radius 3 is 1.93 bits per heavy atom. The molecule has 1 aromatic carbocycles. The molecule has 0 heterocycles. The Hall–Kier alpha value is -1.84. The lowest BCUT2D eigenvalue weighted by Gasteiger charge is -2.12. The summed E-state index contributed by atoms with van der Waals surface area (Å²) in [6.45, 7) is 10.9. The van der Waals surface area contributed by atoms with E-state index in [1.807, 2.05) is 25.1 Å². The van der Waals surface area contributed by atoms with E-state index in [-0.39, 0.29) is 23.7 Å². The van der Waals surface area contributed by atoms with Crippen LogP contribution in [-0.4, -0.2) is 11.8 Å². The molecule has 2 aliphatic carbocycles. The normalized spacial score (nSPS) is 25.2. The van der Waals surface area contributed by atoms with Gasteiger partial charge in [0.25, 0.3) is 0 Å². The maximum atomic E-state index is 12.6. The maximum absolute atomic E-state index is 12.6. The van der Waals surface area contributed by atoms with Gasteiger partial charge in [-0.25, -0.2) is 0 Å². The molecule has 29 heavy (non-hydrogen) atoms. The third-order valence-corrected chi connectivity index (χ3v) is 6.51. The number of aryl methyl sites for hydroxylation is 1. The van der Waals surface area contributed by atoms with Gasteiger partial charge in [-0.05, 0) is 74.0 Å². The van der Waals surface area contributed by atoms with Gasteiger partial charge in [0.05, 0.1) is 0 Å². The first-order chi connectivity index (χ1) is 13.7. The summed E-state index contributed by atoms with van der Waals surface area (Å²) in [5.41, 5.74) is 2.61. The van der Waals surface area contributed by atoms with Gasteiger partial charge in [-0.2, -0.15) is 0 Å². The van der Waals surface area contributed by atoms with Gasteiger partial charge in [0.15, 0.2) is 0 Å². The predicted molar refractivity (Wildman–Crippen MR) is 120 cm³/mol. The summed E-state index contributed by atoms with van der Waals surface area (Å²) in [7, 11) is 0. The third kappa shape index (κ3) is 6.32. The van der Waals surface area contributed by atoms with Crippen molar-refractivity contribution in [1.29, 1.82) is 0 Å². The second-order valence-corrected chi connectivity index (χ2v) is 10.2. The van der Waals surface area contributed by atoms with Crippen molar-refractivity contribution < 1.29 is 9.59 Å². The monoisotopic (exact) mass is 398 g/mol. The van der Waals surface area contributed by atoms with Crippen molar-refractivity contribution in [2.45, 2.75) is 73.1 Å². The molecule has 3 rings (SSSR count). The van der Waals surface area contributed by atoms with E-state index in [1.165, 1.54) is 12.8 Å². The zero-order chi connectivity index (χ0) is 21.1. The number of rotatable bonds is 10. The Kier molecular flexibility index (Phi) is 7.02. The van der Waals surface area contributed by atoms with Crippen molar-refractivity contribution in [2.75, 3.05) is 10.6 Å². The first-order valence-corrected chi connectivity index (χ1v) is 11.5. The van der Waals surface area contributed by atoms with E-state index in [0.29, 0.717) is 23.7 Å². The minimum atomic E-state index is 0.121. The number of anilines is 2. The van der Waals surface area contributed by atoms with Gasteiger partial charge in [0.2, 0.25) is 11.8 Å². The lowest BCUT2D eigenvalue weighted by atomic mass is 10.0. The van der Waals surface area contributed by atoms with Gasteiger partial charge < -0.3 is 10.6 Å². The van der Waals surface area contributed by atoms with Crippen molar-refractivity contribution in [1.82, 2.24) is 0 Å². The van der Waals surface area contributed by atoms with Crippen molar-refractivity contribution in [3.63, 3.8) is 0 Å². The van der Waals surface area contributed by atoms with Gasteiger partial charge in [-0.1, -0.05) is 46.6 Å². The van der Waals surface area contributed by atoms with Crippen LogP contribution in [0.4, 0.5) is 11.4 Å². The fourth-order valence-electron chi connectivity index (χ4n) is 4.17. The zero-order valence-corrected chi connectivity index (χ0v) is 18.8. The SMILES string of the molecule is Cc1ccc(NC(=O)[C@@H]2C[C@@H]2CCC(C)C)cc1NC(=O)[C@@H]1C[C@H]1CCC(C)C. The summed E-state index contributed by atoms with van der Waals surface area (Å²) in [5.74, 6) is 3.02. The molecule has 0 aliphatic heterocycles. The third-order valence-electron chi connectivity index (χ3n) is 6.51. The molecule has 2 amide bonds. The van der Waals surface area contributed by atoms with E-state index >= 15 is 0 Å². The summed E-state index contributed by atoms with van der Waals surface area (Å²) < 4.78 is 0. The summed E-state index contributed by atoms with van der Waals surface area (Å²) in [6.07, 6.45) is 6.68. The lowest BCUT2D eigenvalue weighted by Crippen LogP contribution is -2.17. The molecular weight excluding hydrogens is 360 g/mol. The fraction of sp³-hybridized carbons (Fsp3) is 0.680. The number of carbonyl (C=O) groups excluding carboxylic acids is 2. The molecule has 1 aromatic rings. The molecule has 4 nitrogen and oxygen atoms in total. The molecule has 2 N–H and O–H groups in total. The van der Waals surface area contributed by atoms with Crippen molar-refractivity contribution in [3.05, 3.63) is 23.8 Å². The van der Waals surface area contributed by atoms with Crippen LogP contribution in [0, 0.1) is 42.4 Å². The maximum Gasteiger partial charge on any atom is 0.227 e. The second-order valence-electron chi connectivity index (χ2n) is 10.2. The average Bonchev–Trinajstić information content (AvgIpc) is 3.55. The lowest BCUT2D eigenvalue weighted by molar-refractivity contribution is -0.118. The molecule has 160 valence electrons. The number of carbonyl (C=O) groups is 2. The number of hydrogen-bond donors (Lipinski definition) is 2. The second kappa shape index (κ2) is 9.32. The molecule has 0 spiro atoms. The fourth-order valence-corrected chi connectivity index (χ4v) is 4.17. The summed E-state index contributed by atoms with van der Waals surface area (Å²) in [6, 6.07) is 5.80. The van der Waals surface area contributed by atoms with Gasteiger partial charge in [0.1, 0.15) is 0 Å². The van der Waals surface area contributed by atoms with Crippen molar-refractivity contribution in [2.24, 2.45) is 35.5 Å². The topological polar surface area (TPSA) is 58.2 Å². The molecule has 4 atom stereocenters. The van der Waals surface area contributed by atoms with E-state index in [2.05, 4.69) is 38.3 Å². The highest BCUT2D eigenvalue weighted by Crippen LogP contribution is 2.44. The first kappa shape index (κ1) is 21.9. The smallest absolute Gasteiger partial charge is 0.227 e.